The van der Waals surface area contributed by atoms with Crippen LogP contribution < -0.4 is 9.47 Å². The number of methoxy groups -OCH3 is 1. The lowest BCUT2D eigenvalue weighted by molar-refractivity contribution is -0.132. The summed E-state index contributed by atoms with van der Waals surface area (Å²) in [5, 5.41) is 4.34. The van der Waals surface area contributed by atoms with Crippen molar-refractivity contribution >= 4 is 5.91 Å². The normalized spacial score (nSPS) is 18.3. The fourth-order valence-electron chi connectivity index (χ4n) is 3.50. The van der Waals surface area contributed by atoms with Gasteiger partial charge in [0.2, 0.25) is 12.7 Å². The van der Waals surface area contributed by atoms with Crippen LogP contribution in [0.25, 0.3) is 0 Å². The zero-order chi connectivity index (χ0) is 17.4. The number of aromatic nitrogens is 2. The molecule has 0 radical (unpaired) electrons. The van der Waals surface area contributed by atoms with Gasteiger partial charge in [-0.15, -0.1) is 0 Å². The standard InChI is InChI=1S/C18H21N3O4/c1-20-15-9-21(8-13(10-23-2)14(15)7-19-20)18(22)6-12-3-4-16-17(5-12)25-11-24-16/h3-5,7,13H,6,8-11H2,1-2H3. The zero-order valence-electron chi connectivity index (χ0n) is 14.4. The zero-order valence-corrected chi connectivity index (χ0v) is 14.4. The molecule has 0 bridgehead atoms. The summed E-state index contributed by atoms with van der Waals surface area (Å²) in [6.45, 7) is 2.04. The minimum Gasteiger partial charge on any atom is -0.454 e. The van der Waals surface area contributed by atoms with Crippen molar-refractivity contribution in [3.8, 4) is 11.5 Å². The molecular formula is C18H21N3O4. The van der Waals surface area contributed by atoms with Crippen molar-refractivity contribution in [1.29, 1.82) is 0 Å². The number of hydrogen-bond donors (Lipinski definition) is 0. The molecule has 25 heavy (non-hydrogen) atoms. The number of hydrogen-bond acceptors (Lipinski definition) is 5. The SMILES string of the molecule is COCC1CN(C(=O)Cc2ccc3c(c2)OCO3)Cc2c1cnn2C. The Morgan fingerprint density at radius 1 is 1.36 bits per heavy atom. The Kier molecular flexibility index (Phi) is 4.09. The number of amides is 1. The lowest BCUT2D eigenvalue weighted by atomic mass is 9.95. The van der Waals surface area contributed by atoms with Gasteiger partial charge in [-0.1, -0.05) is 6.07 Å². The summed E-state index contributed by atoms with van der Waals surface area (Å²) >= 11 is 0. The molecule has 1 atom stereocenters. The number of carbonyl (C=O) groups is 1. The summed E-state index contributed by atoms with van der Waals surface area (Å²) in [7, 11) is 3.60. The lowest BCUT2D eigenvalue weighted by Crippen LogP contribution is -2.40. The molecule has 0 saturated heterocycles. The molecule has 1 aromatic carbocycles. The molecule has 0 saturated carbocycles. The Hall–Kier alpha value is -2.54. The average molecular weight is 343 g/mol. The van der Waals surface area contributed by atoms with Crippen LogP contribution in [0.4, 0.5) is 0 Å². The molecule has 2 aromatic rings. The van der Waals surface area contributed by atoms with E-state index in [1.165, 1.54) is 5.56 Å². The number of benzene rings is 1. The number of carbonyl (C=O) groups excluding carboxylic acids is 1. The maximum Gasteiger partial charge on any atom is 0.231 e. The second kappa shape index (κ2) is 6.40. The minimum absolute atomic E-state index is 0.0896. The molecule has 4 rings (SSSR count). The van der Waals surface area contributed by atoms with E-state index in [1.54, 1.807) is 7.11 Å². The van der Waals surface area contributed by atoms with Gasteiger partial charge in [0, 0.05) is 32.2 Å². The number of ether oxygens (including phenoxy) is 3. The highest BCUT2D eigenvalue weighted by atomic mass is 16.7. The summed E-state index contributed by atoms with van der Waals surface area (Å²) in [5.41, 5.74) is 3.18. The van der Waals surface area contributed by atoms with E-state index in [0.29, 0.717) is 31.9 Å². The summed E-state index contributed by atoms with van der Waals surface area (Å²) in [4.78, 5) is 14.7. The summed E-state index contributed by atoms with van der Waals surface area (Å²) < 4.78 is 17.9. The first-order valence-electron chi connectivity index (χ1n) is 8.31. The molecule has 0 N–H and O–H groups in total. The van der Waals surface area contributed by atoms with Crippen LogP contribution in [0.5, 0.6) is 11.5 Å². The van der Waals surface area contributed by atoms with Crippen molar-refractivity contribution in [2.75, 3.05) is 27.1 Å². The van der Waals surface area contributed by atoms with E-state index in [4.69, 9.17) is 14.2 Å². The third-order valence-corrected chi connectivity index (χ3v) is 4.83. The summed E-state index contributed by atoms with van der Waals surface area (Å²) in [5.74, 6) is 1.68. The molecule has 2 aliphatic rings. The van der Waals surface area contributed by atoms with Gasteiger partial charge >= 0.3 is 0 Å². The second-order valence-electron chi connectivity index (χ2n) is 6.46. The fraction of sp³-hybridized carbons (Fsp3) is 0.444. The number of aryl methyl sites for hydroxylation is 1. The monoisotopic (exact) mass is 343 g/mol. The van der Waals surface area contributed by atoms with E-state index in [9.17, 15) is 4.79 Å². The molecule has 132 valence electrons. The Balaban J connectivity index is 1.51. The first kappa shape index (κ1) is 16.0. The Bertz CT molecular complexity index is 802. The van der Waals surface area contributed by atoms with Crippen molar-refractivity contribution in [2.24, 2.45) is 7.05 Å². The third-order valence-electron chi connectivity index (χ3n) is 4.83. The van der Waals surface area contributed by atoms with Crippen LogP contribution in [0, 0.1) is 0 Å². The predicted octanol–water partition coefficient (Wildman–Crippen LogP) is 1.46. The van der Waals surface area contributed by atoms with Crippen molar-refractivity contribution in [3.05, 3.63) is 41.2 Å². The van der Waals surface area contributed by atoms with Crippen LogP contribution in [0.1, 0.15) is 22.7 Å². The van der Waals surface area contributed by atoms with E-state index >= 15 is 0 Å². The molecule has 0 aliphatic carbocycles. The van der Waals surface area contributed by atoms with Gasteiger partial charge in [0.1, 0.15) is 0 Å². The highest BCUT2D eigenvalue weighted by molar-refractivity contribution is 5.79. The largest absolute Gasteiger partial charge is 0.454 e. The summed E-state index contributed by atoms with van der Waals surface area (Å²) in [6.07, 6.45) is 2.22. The fourth-order valence-corrected chi connectivity index (χ4v) is 3.50. The van der Waals surface area contributed by atoms with E-state index in [0.717, 1.165) is 17.0 Å². The third kappa shape index (κ3) is 2.95. The first-order chi connectivity index (χ1) is 12.2. The number of nitrogens with zero attached hydrogens (tertiary/aromatic N) is 3. The lowest BCUT2D eigenvalue weighted by Gasteiger charge is -2.33. The van der Waals surface area contributed by atoms with Gasteiger partial charge < -0.3 is 19.1 Å². The van der Waals surface area contributed by atoms with Crippen LogP contribution in [0.2, 0.25) is 0 Å². The average Bonchev–Trinajstić information content (AvgIpc) is 3.22. The highest BCUT2D eigenvalue weighted by Crippen LogP contribution is 2.33. The molecule has 3 heterocycles. The molecule has 1 amide bonds. The Morgan fingerprint density at radius 2 is 2.20 bits per heavy atom. The first-order valence-corrected chi connectivity index (χ1v) is 8.31. The van der Waals surface area contributed by atoms with Crippen LogP contribution in [-0.4, -0.2) is 47.6 Å². The van der Waals surface area contributed by atoms with E-state index < -0.39 is 0 Å². The molecule has 1 unspecified atom stereocenters. The quantitative estimate of drug-likeness (QED) is 0.841. The molecular weight excluding hydrogens is 322 g/mol. The van der Waals surface area contributed by atoms with Gasteiger partial charge in [-0.05, 0) is 17.7 Å². The van der Waals surface area contributed by atoms with Gasteiger partial charge in [-0.2, -0.15) is 5.10 Å². The van der Waals surface area contributed by atoms with Gasteiger partial charge in [-0.3, -0.25) is 9.48 Å². The van der Waals surface area contributed by atoms with Crippen molar-refractivity contribution in [2.45, 2.75) is 18.9 Å². The Morgan fingerprint density at radius 3 is 3.04 bits per heavy atom. The van der Waals surface area contributed by atoms with E-state index in [-0.39, 0.29) is 18.6 Å². The maximum absolute atomic E-state index is 12.8. The molecule has 7 heteroatoms. The predicted molar refractivity (Wildman–Crippen MR) is 89.5 cm³/mol. The van der Waals surface area contributed by atoms with Gasteiger partial charge in [0.05, 0.1) is 31.5 Å². The molecule has 0 spiro atoms. The van der Waals surface area contributed by atoms with E-state index in [1.807, 2.05) is 41.0 Å². The molecule has 7 nitrogen and oxygen atoms in total. The van der Waals surface area contributed by atoms with Gasteiger partial charge in [0.15, 0.2) is 11.5 Å². The second-order valence-corrected chi connectivity index (χ2v) is 6.46. The van der Waals surface area contributed by atoms with Crippen molar-refractivity contribution in [1.82, 2.24) is 14.7 Å². The van der Waals surface area contributed by atoms with Crippen molar-refractivity contribution < 1.29 is 19.0 Å². The smallest absolute Gasteiger partial charge is 0.231 e. The number of rotatable bonds is 4. The minimum atomic E-state index is 0.0896. The molecule has 1 aromatic heterocycles. The maximum atomic E-state index is 12.8. The highest BCUT2D eigenvalue weighted by Gasteiger charge is 2.30. The van der Waals surface area contributed by atoms with Gasteiger partial charge in [0.25, 0.3) is 0 Å². The summed E-state index contributed by atoms with van der Waals surface area (Å²) in [6, 6.07) is 5.65. The number of fused-ring (bicyclic) bond motifs is 2. The molecule has 2 aliphatic heterocycles. The van der Waals surface area contributed by atoms with Crippen LogP contribution in [0.3, 0.4) is 0 Å². The molecule has 0 fully saturated rings. The van der Waals surface area contributed by atoms with Crippen LogP contribution in [-0.2, 0) is 29.5 Å². The topological polar surface area (TPSA) is 65.8 Å². The van der Waals surface area contributed by atoms with Crippen LogP contribution >= 0.6 is 0 Å². The Labute approximate surface area is 146 Å². The van der Waals surface area contributed by atoms with Crippen LogP contribution in [0.15, 0.2) is 24.4 Å². The van der Waals surface area contributed by atoms with Gasteiger partial charge in [-0.25, -0.2) is 0 Å². The van der Waals surface area contributed by atoms with Crippen molar-refractivity contribution in [3.63, 3.8) is 0 Å². The van der Waals surface area contributed by atoms with E-state index in [2.05, 4.69) is 5.10 Å².